The molecule has 0 atom stereocenters. The standard InChI is InChI=1S/C22H23F3N4O4S.C22H22F2N4O3S.2C21H18F3N5O3/c23-22(24,25)16-6-3-5-15(13-16)20(31)27-21-26-18-14-17(29-10-1-2-12-34(29,32)33)7-8-19(18)28(21)9-4-11-30;23-20(24)14-3-1-4-15(11-14)21(31)26-22-25-17-12-16(27-8-10-32-13-19(27)30)5-6-18(17)28(22)7-2-9-29;2*22-21(23,24)14-4-1-3-13(11-14)19(32)27-20-26-16-12-15(29-18(31)7-8-25-29)5-6-17(16)28(20)9-2-10-30/h3,5-8,13-14,30H,1-2,4,9-12H2,(H,26,27,31);1,3-6,11-12,20,29H,2,7-10,13H2,(H,25,26,31);2*1,3-6,8,11-12,30H,2,7,9-10H2,(H,26,27,32). The number of aliphatic hydroxyl groups is 4. The molecule has 2 fully saturated rings. The number of thioether (sulfide) groups is 1. The predicted octanol–water partition coefficient (Wildman–Crippen LogP) is 14.1. The number of imidazole rings is 4. The molecule has 0 bridgehead atoms. The van der Waals surface area contributed by atoms with Gasteiger partial charge in [-0.3, -0.25) is 59.1 Å². The minimum absolute atomic E-state index is 0.0350. The number of anilines is 8. The average Bonchev–Trinajstić information content (AvgIpc) is 1.61. The van der Waals surface area contributed by atoms with Gasteiger partial charge in [-0.25, -0.2) is 47.2 Å². The molecule has 16 rings (SSSR count). The second-order valence-electron chi connectivity index (χ2n) is 29.4. The van der Waals surface area contributed by atoms with Gasteiger partial charge in [-0.05, 0) is 178 Å². The molecule has 0 saturated carbocycles. The van der Waals surface area contributed by atoms with Gasteiger partial charge >= 0.3 is 18.5 Å². The number of sulfonamides is 1. The van der Waals surface area contributed by atoms with Gasteiger partial charge in [0.25, 0.3) is 41.9 Å². The first-order chi connectivity index (χ1) is 62.1. The quantitative estimate of drug-likeness (QED) is 0.0246. The predicted molar refractivity (Wildman–Crippen MR) is 465 cm³/mol. The van der Waals surface area contributed by atoms with Crippen LogP contribution in [-0.4, -0.2) is 178 Å². The van der Waals surface area contributed by atoms with Gasteiger partial charge in [0.05, 0.1) is 102 Å². The Labute approximate surface area is 735 Å². The molecule has 12 aromatic rings. The first-order valence-corrected chi connectivity index (χ1v) is 43.1. The number of aliphatic hydroxyl groups excluding tert-OH is 4. The Balaban J connectivity index is 0.000000148. The summed E-state index contributed by atoms with van der Waals surface area (Å²) in [5.74, 6) is -1.27. The number of alkyl halides is 11. The van der Waals surface area contributed by atoms with E-state index >= 15 is 0 Å². The monoisotopic (exact) mass is 1850 g/mol. The molecule has 44 heteroatoms. The zero-order valence-corrected chi connectivity index (χ0v) is 70.1. The molecule has 4 aromatic heterocycles. The summed E-state index contributed by atoms with van der Waals surface area (Å²) in [6, 6.07) is 38.0. The van der Waals surface area contributed by atoms with E-state index in [1.807, 2.05) is 12.1 Å². The Morgan fingerprint density at radius 3 is 1.08 bits per heavy atom. The van der Waals surface area contributed by atoms with Crippen LogP contribution in [0.15, 0.2) is 180 Å². The molecule has 130 heavy (non-hydrogen) atoms. The van der Waals surface area contributed by atoms with Crippen LogP contribution in [0.5, 0.6) is 0 Å². The lowest BCUT2D eigenvalue weighted by Gasteiger charge is -2.28. The SMILES string of the molecule is O=C(Nc1nc2cc(N3CCCCS3(=O)=O)ccc2n1CCCO)c1cccc(C(F)(F)F)c1.O=C(Nc1nc2cc(N3CCSCC3=O)ccc2n1CCCO)c1cccc(C(F)F)c1.O=C(Nc1nc2cc(N3N=CCC3=O)ccc2n1CCCO)c1cccc(C(F)(F)F)c1.O=C(Nc1nc2cc(N3N=CCC3=O)ccc2n1CCCO)c1cccc(C(F)(F)F)c1. The molecule has 0 unspecified atom stereocenters. The summed E-state index contributed by atoms with van der Waals surface area (Å²) < 4.78 is 176. The van der Waals surface area contributed by atoms with Gasteiger partial charge < -0.3 is 43.6 Å². The molecule has 4 aliphatic rings. The van der Waals surface area contributed by atoms with Crippen LogP contribution in [0.4, 0.5) is 94.8 Å². The van der Waals surface area contributed by atoms with E-state index in [0.717, 1.165) is 84.0 Å². The molecular weight excluding hydrogens is 1770 g/mol. The first-order valence-electron chi connectivity index (χ1n) is 40.3. The molecule has 7 amide bonds. The molecule has 8 N–H and O–H groups in total. The summed E-state index contributed by atoms with van der Waals surface area (Å²) in [4.78, 5) is 106. The van der Waals surface area contributed by atoms with Gasteiger partial charge in [-0.15, -0.1) is 0 Å². The van der Waals surface area contributed by atoms with Crippen molar-refractivity contribution in [2.45, 2.75) is 102 Å². The molecule has 0 spiro atoms. The van der Waals surface area contributed by atoms with Crippen molar-refractivity contribution in [2.24, 2.45) is 10.2 Å². The van der Waals surface area contributed by atoms with Crippen molar-refractivity contribution >= 4 is 166 Å². The lowest BCUT2D eigenvalue weighted by atomic mass is 10.1. The van der Waals surface area contributed by atoms with Crippen molar-refractivity contribution in [1.29, 1.82) is 0 Å². The van der Waals surface area contributed by atoms with Crippen LogP contribution in [0.2, 0.25) is 0 Å². The lowest BCUT2D eigenvalue weighted by molar-refractivity contribution is -0.138. The summed E-state index contributed by atoms with van der Waals surface area (Å²) in [5, 5.41) is 57.9. The van der Waals surface area contributed by atoms with Gasteiger partial charge in [0.2, 0.25) is 39.7 Å². The van der Waals surface area contributed by atoms with Gasteiger partial charge in [0.1, 0.15) is 0 Å². The maximum atomic E-state index is 13.0. The summed E-state index contributed by atoms with van der Waals surface area (Å²) in [6.07, 6.45) is -10.2. The number of hydrogen-bond donors (Lipinski definition) is 8. The smallest absolute Gasteiger partial charge is 0.396 e. The largest absolute Gasteiger partial charge is 0.416 e. The fraction of sp³-hybridized carbons (Fsp3) is 0.291. The number of carbonyl (C=O) groups excluding carboxylic acids is 7. The summed E-state index contributed by atoms with van der Waals surface area (Å²) in [6.45, 7) is 1.92. The van der Waals surface area contributed by atoms with Gasteiger partial charge in [0, 0.05) is 117 Å². The number of amides is 7. The molecule has 8 aromatic carbocycles. The highest BCUT2D eigenvalue weighted by atomic mass is 32.2. The zero-order valence-electron chi connectivity index (χ0n) is 68.4. The molecule has 2 saturated heterocycles. The Hall–Kier alpha value is -13.6. The highest BCUT2D eigenvalue weighted by Gasteiger charge is 2.36. The van der Waals surface area contributed by atoms with Crippen LogP contribution in [0.1, 0.15) is 121 Å². The molecule has 31 nitrogen and oxygen atoms in total. The number of aromatic nitrogens is 8. The number of halogens is 11. The summed E-state index contributed by atoms with van der Waals surface area (Å²) >= 11 is 1.60. The fourth-order valence-electron chi connectivity index (χ4n) is 14.3. The molecule has 8 heterocycles. The summed E-state index contributed by atoms with van der Waals surface area (Å²) in [5.41, 5.74) is 3.19. The first kappa shape index (κ1) is 94.1. The Morgan fingerprint density at radius 1 is 0.415 bits per heavy atom. The van der Waals surface area contributed by atoms with Crippen LogP contribution in [-0.2, 0) is 69.1 Å². The topological polar surface area (TPSA) is 392 Å². The van der Waals surface area contributed by atoms with Crippen molar-refractivity contribution < 1.29 is 111 Å². The number of fused-ring (bicyclic) bond motifs is 4. The van der Waals surface area contributed by atoms with Crippen molar-refractivity contribution in [1.82, 2.24) is 38.2 Å². The van der Waals surface area contributed by atoms with Crippen LogP contribution >= 0.6 is 11.8 Å². The van der Waals surface area contributed by atoms with Crippen LogP contribution < -0.4 is 40.5 Å². The number of nitrogens with one attached hydrogen (secondary N) is 4. The maximum Gasteiger partial charge on any atom is 0.416 e. The Morgan fingerprint density at radius 2 is 0.754 bits per heavy atom. The van der Waals surface area contributed by atoms with E-state index in [0.29, 0.717) is 126 Å². The lowest BCUT2D eigenvalue weighted by Crippen LogP contribution is -2.38. The average molecular weight is 1850 g/mol. The van der Waals surface area contributed by atoms with Crippen molar-refractivity contribution in [3.05, 3.63) is 214 Å². The van der Waals surface area contributed by atoms with E-state index in [2.05, 4.69) is 51.4 Å². The van der Waals surface area contributed by atoms with Crippen LogP contribution in [0, 0.1) is 0 Å². The van der Waals surface area contributed by atoms with Crippen molar-refractivity contribution in [2.75, 3.05) is 97.3 Å². The second-order valence-corrected chi connectivity index (χ2v) is 32.6. The van der Waals surface area contributed by atoms with Gasteiger partial charge in [-0.2, -0.15) is 61.5 Å². The van der Waals surface area contributed by atoms with Crippen molar-refractivity contribution in [3.63, 3.8) is 0 Å². The zero-order chi connectivity index (χ0) is 92.9. The number of aryl methyl sites for hydroxylation is 4. The molecule has 682 valence electrons. The normalized spacial score (nSPS) is 14.6. The second kappa shape index (κ2) is 40.8. The van der Waals surface area contributed by atoms with Crippen molar-refractivity contribution in [3.8, 4) is 0 Å². The number of nitrogens with zero attached hydrogens (tertiary/aromatic N) is 14. The van der Waals surface area contributed by atoms with E-state index in [9.17, 15) is 111 Å². The van der Waals surface area contributed by atoms with Crippen LogP contribution in [0.25, 0.3) is 44.1 Å². The van der Waals surface area contributed by atoms with Crippen LogP contribution in [0.3, 0.4) is 0 Å². The fourth-order valence-corrected chi connectivity index (χ4v) is 16.7. The summed E-state index contributed by atoms with van der Waals surface area (Å²) in [7, 11) is -3.43. The minimum atomic E-state index is -4.59. The number of carbonyl (C=O) groups is 7. The highest BCUT2D eigenvalue weighted by molar-refractivity contribution is 8.00. The van der Waals surface area contributed by atoms with Gasteiger partial charge in [-0.1, -0.05) is 30.3 Å². The highest BCUT2D eigenvalue weighted by Crippen LogP contribution is 2.38. The molecular formula is C86H81F11N18O13S2. The Bertz CT molecular complexity index is 6250. The van der Waals surface area contributed by atoms with E-state index in [4.69, 9.17) is 0 Å². The molecule has 4 aliphatic heterocycles. The maximum absolute atomic E-state index is 13.0. The third-order valence-electron chi connectivity index (χ3n) is 20.6. The minimum Gasteiger partial charge on any atom is -0.396 e. The molecule has 0 aliphatic carbocycles. The van der Waals surface area contributed by atoms with Gasteiger partial charge in [0.15, 0.2) is 0 Å². The number of benzene rings is 8. The Kier molecular flexibility index (Phi) is 29.5. The number of hydrogen-bond acceptors (Lipinski definition) is 20. The van der Waals surface area contributed by atoms with E-state index in [1.165, 1.54) is 63.2 Å². The molecule has 0 radical (unpaired) electrons. The number of hydrazone groups is 2. The van der Waals surface area contributed by atoms with E-state index < -0.39 is 75.3 Å². The third kappa shape index (κ3) is 22.2. The van der Waals surface area contributed by atoms with E-state index in [-0.39, 0.29) is 121 Å². The number of rotatable bonds is 25. The third-order valence-corrected chi connectivity index (χ3v) is 23.4. The van der Waals surface area contributed by atoms with E-state index in [1.54, 1.807) is 95.6 Å².